The Morgan fingerprint density at radius 1 is 0.439 bits per heavy atom. The topological polar surface area (TPSA) is 6.48 Å². The molecule has 2 aliphatic heterocycles. The molecule has 4 saturated carbocycles. The first-order valence-electron chi connectivity index (χ1n) is 21.6. The summed E-state index contributed by atoms with van der Waals surface area (Å²) in [7, 11) is 0. The molecule has 0 aromatic heterocycles. The van der Waals surface area contributed by atoms with E-state index in [1.54, 1.807) is 5.56 Å². The summed E-state index contributed by atoms with van der Waals surface area (Å²) >= 11 is 0. The van der Waals surface area contributed by atoms with Gasteiger partial charge in [0, 0.05) is 34.1 Å². The fraction of sp³-hybridized carbons (Fsp3) is 0.222. The molecule has 2 unspecified atom stereocenters. The van der Waals surface area contributed by atoms with Crippen LogP contribution in [0.1, 0.15) is 53.5 Å². The van der Waals surface area contributed by atoms with Crippen LogP contribution < -0.4 is 26.2 Å². The Morgan fingerprint density at radius 3 is 1.63 bits per heavy atom. The number of hydrogen-bond donors (Lipinski definition) is 0. The van der Waals surface area contributed by atoms with Crippen molar-refractivity contribution in [2.75, 3.05) is 9.80 Å². The standard InChI is InChI=1S/C54H43BN2/c1-3-7-33(8-4-1)35-15-19-45(20-16-35)56-49-22-18-38(34-9-5-2-6-10-34)26-47(49)55-48-27-39-13-14-40(39)28-50(48)57(46-21-17-36-11-12-37(36)25-46)52-30-44(29-51(56)53(52)55)54-31-41-23-43(54)24-42(41)32-54/h1-10,15-22,25-30,41-43H,11-14,23-24,31-32H2. The Kier molecular flexibility index (Phi) is 6.15. The Bertz CT molecular complexity index is 2830. The number of benzene rings is 7. The summed E-state index contributed by atoms with van der Waals surface area (Å²) in [6.07, 6.45) is 10.3. The monoisotopic (exact) mass is 730 g/mol. The van der Waals surface area contributed by atoms with Crippen molar-refractivity contribution in [3.8, 4) is 22.3 Å². The minimum absolute atomic E-state index is 0.137. The van der Waals surface area contributed by atoms with E-state index in [9.17, 15) is 0 Å². The lowest BCUT2D eigenvalue weighted by atomic mass is 9.33. The Balaban J connectivity index is 1.07. The van der Waals surface area contributed by atoms with Crippen LogP contribution in [0.3, 0.4) is 0 Å². The summed E-state index contributed by atoms with van der Waals surface area (Å²) in [5, 5.41) is 0. The second-order valence-corrected chi connectivity index (χ2v) is 18.5. The molecule has 2 atom stereocenters. The molecule has 6 aliphatic carbocycles. The first-order valence-corrected chi connectivity index (χ1v) is 21.6. The van der Waals surface area contributed by atoms with Crippen molar-refractivity contribution in [1.82, 2.24) is 0 Å². The highest BCUT2D eigenvalue weighted by Crippen LogP contribution is 2.71. The van der Waals surface area contributed by atoms with Crippen LogP contribution in [0.2, 0.25) is 0 Å². The zero-order valence-corrected chi connectivity index (χ0v) is 32.2. The third kappa shape index (κ3) is 4.22. The van der Waals surface area contributed by atoms with Gasteiger partial charge >= 0.3 is 0 Å². The predicted octanol–water partition coefficient (Wildman–Crippen LogP) is 11.0. The van der Waals surface area contributed by atoms with Crippen LogP contribution in [0.5, 0.6) is 0 Å². The lowest BCUT2D eigenvalue weighted by molar-refractivity contribution is 0.371. The zero-order chi connectivity index (χ0) is 37.0. The maximum absolute atomic E-state index is 2.72. The SMILES string of the molecule is c1ccc(-c2ccc(N3c4ccc(-c5ccccc5)cc4B4c5cc6c(cc5N(c5ccc7c(c5)CC7)c5cc(C78CC9CC7CC9C8)cc3c54)CC6)cc2)cc1. The lowest BCUT2D eigenvalue weighted by Gasteiger charge is -2.46. The van der Waals surface area contributed by atoms with Crippen molar-refractivity contribution < 1.29 is 0 Å². The van der Waals surface area contributed by atoms with E-state index in [2.05, 4.69) is 155 Å². The summed E-state index contributed by atoms with van der Waals surface area (Å²) in [5.41, 5.74) is 25.5. The van der Waals surface area contributed by atoms with E-state index in [-0.39, 0.29) is 6.71 Å². The summed E-state index contributed by atoms with van der Waals surface area (Å²) in [6.45, 7) is 0.137. The fourth-order valence-electron chi connectivity index (χ4n) is 13.1. The number of hydrogen-bond acceptors (Lipinski definition) is 2. The first-order chi connectivity index (χ1) is 28.2. The number of aryl methyl sites for hydroxylation is 4. The largest absolute Gasteiger partial charge is 0.311 e. The molecule has 0 spiro atoms. The van der Waals surface area contributed by atoms with Crippen LogP contribution >= 0.6 is 0 Å². The van der Waals surface area contributed by atoms with Gasteiger partial charge in [0.1, 0.15) is 0 Å². The molecule has 0 N–H and O–H groups in total. The van der Waals surface area contributed by atoms with Crippen molar-refractivity contribution in [3.63, 3.8) is 0 Å². The van der Waals surface area contributed by atoms with E-state index < -0.39 is 0 Å². The Hall–Kier alpha value is -5.80. The van der Waals surface area contributed by atoms with E-state index >= 15 is 0 Å². The smallest absolute Gasteiger partial charge is 0.252 e. The van der Waals surface area contributed by atoms with Crippen LogP contribution in [-0.2, 0) is 31.1 Å². The molecule has 2 nitrogen and oxygen atoms in total. The number of nitrogens with zero attached hydrogens (tertiary/aromatic N) is 2. The van der Waals surface area contributed by atoms with E-state index in [1.807, 2.05) is 0 Å². The van der Waals surface area contributed by atoms with Crippen molar-refractivity contribution in [1.29, 1.82) is 0 Å². The predicted molar refractivity (Wildman–Crippen MR) is 237 cm³/mol. The second kappa shape index (κ2) is 11.2. The van der Waals surface area contributed by atoms with Gasteiger partial charge in [-0.2, -0.15) is 0 Å². The summed E-state index contributed by atoms with van der Waals surface area (Å²) in [6, 6.07) is 56.6. The molecule has 2 heterocycles. The number of anilines is 6. The first kappa shape index (κ1) is 31.3. The van der Waals surface area contributed by atoms with E-state index in [4.69, 9.17) is 0 Å². The van der Waals surface area contributed by atoms with Crippen molar-refractivity contribution in [3.05, 3.63) is 173 Å². The average Bonchev–Trinajstić information content (AvgIpc) is 4.00. The van der Waals surface area contributed by atoms with Gasteiger partial charge in [-0.3, -0.25) is 0 Å². The minimum atomic E-state index is 0.137. The molecule has 0 radical (unpaired) electrons. The third-order valence-electron chi connectivity index (χ3n) is 16.0. The molecule has 4 bridgehead atoms. The minimum Gasteiger partial charge on any atom is -0.311 e. The van der Waals surface area contributed by atoms with Crippen LogP contribution in [0.25, 0.3) is 22.3 Å². The maximum Gasteiger partial charge on any atom is 0.252 e. The molecule has 8 aliphatic rings. The molecule has 7 aromatic rings. The third-order valence-corrected chi connectivity index (χ3v) is 16.0. The van der Waals surface area contributed by atoms with Crippen molar-refractivity contribution in [2.24, 2.45) is 17.8 Å². The molecule has 4 fully saturated rings. The summed E-state index contributed by atoms with van der Waals surface area (Å²) in [5.74, 6) is 2.65. The van der Waals surface area contributed by atoms with Gasteiger partial charge in [0.2, 0.25) is 0 Å². The van der Waals surface area contributed by atoms with Gasteiger partial charge in [-0.05, 0) is 190 Å². The van der Waals surface area contributed by atoms with E-state index in [0.29, 0.717) is 5.41 Å². The molecule has 57 heavy (non-hydrogen) atoms. The molecule has 15 rings (SSSR count). The van der Waals surface area contributed by atoms with Crippen LogP contribution in [-0.4, -0.2) is 6.71 Å². The summed E-state index contributed by atoms with van der Waals surface area (Å²) in [4.78, 5) is 5.37. The van der Waals surface area contributed by atoms with Gasteiger partial charge in [-0.15, -0.1) is 0 Å². The van der Waals surface area contributed by atoms with Crippen molar-refractivity contribution >= 4 is 57.2 Å². The quantitative estimate of drug-likeness (QED) is 0.163. The second-order valence-electron chi connectivity index (χ2n) is 18.5. The lowest BCUT2D eigenvalue weighted by Crippen LogP contribution is -2.61. The van der Waals surface area contributed by atoms with Gasteiger partial charge in [0.25, 0.3) is 6.71 Å². The Morgan fingerprint density at radius 2 is 1.00 bits per heavy atom. The molecular formula is C54H43BN2. The van der Waals surface area contributed by atoms with Gasteiger partial charge in [0.15, 0.2) is 0 Å². The fourth-order valence-corrected chi connectivity index (χ4v) is 13.1. The van der Waals surface area contributed by atoms with Gasteiger partial charge in [-0.1, -0.05) is 97.1 Å². The Labute approximate surface area is 335 Å². The van der Waals surface area contributed by atoms with Crippen LogP contribution in [0.4, 0.5) is 34.1 Å². The maximum atomic E-state index is 2.72. The molecular weight excluding hydrogens is 687 g/mol. The molecule has 7 aromatic carbocycles. The molecule has 272 valence electrons. The molecule has 0 saturated heterocycles. The number of rotatable bonds is 5. The molecule has 3 heteroatoms. The highest BCUT2D eigenvalue weighted by Gasteiger charge is 2.63. The zero-order valence-electron chi connectivity index (χ0n) is 32.2. The van der Waals surface area contributed by atoms with Gasteiger partial charge in [-0.25, -0.2) is 0 Å². The number of fused-ring (bicyclic) bond motifs is 6. The summed E-state index contributed by atoms with van der Waals surface area (Å²) < 4.78 is 0. The van der Waals surface area contributed by atoms with Crippen molar-refractivity contribution in [2.45, 2.75) is 56.8 Å². The highest BCUT2D eigenvalue weighted by molar-refractivity contribution is 7.00. The van der Waals surface area contributed by atoms with Crippen LogP contribution in [0, 0.1) is 17.8 Å². The highest BCUT2D eigenvalue weighted by atomic mass is 15.2. The normalized spacial score (nSPS) is 23.4. The molecule has 0 amide bonds. The average molecular weight is 731 g/mol. The van der Waals surface area contributed by atoms with E-state index in [1.165, 1.54) is 146 Å². The van der Waals surface area contributed by atoms with Gasteiger partial charge < -0.3 is 9.80 Å². The van der Waals surface area contributed by atoms with E-state index in [0.717, 1.165) is 17.8 Å². The van der Waals surface area contributed by atoms with Gasteiger partial charge in [0.05, 0.1) is 0 Å². The van der Waals surface area contributed by atoms with Crippen LogP contribution in [0.15, 0.2) is 146 Å².